The fourth-order valence-corrected chi connectivity index (χ4v) is 10.5. The third-order valence-electron chi connectivity index (χ3n) is 11.4. The van der Waals surface area contributed by atoms with E-state index in [1.165, 1.54) is 68.1 Å². The van der Waals surface area contributed by atoms with E-state index in [4.69, 9.17) is 56.1 Å². The highest BCUT2D eigenvalue weighted by molar-refractivity contribution is 8.01. The molecule has 60 heavy (non-hydrogen) atoms. The Kier molecular flexibility index (Phi) is 19.8. The third-order valence-corrected chi connectivity index (χ3v) is 13.7. The normalized spacial score (nSPS) is 15.2. The maximum Gasteiger partial charge on any atom is 0.267 e. The van der Waals surface area contributed by atoms with E-state index in [1.54, 1.807) is 37.4 Å². The summed E-state index contributed by atoms with van der Waals surface area (Å²) in [5.74, 6) is 0.790. The van der Waals surface area contributed by atoms with Crippen LogP contribution in [0.4, 0.5) is 17.1 Å². The molecule has 7 nitrogen and oxygen atoms in total. The van der Waals surface area contributed by atoms with Crippen molar-refractivity contribution < 1.29 is 14.3 Å². The number of amides is 2. The molecule has 0 saturated carbocycles. The molecule has 1 aliphatic heterocycles. The van der Waals surface area contributed by atoms with Gasteiger partial charge in [-0.2, -0.15) is 0 Å². The summed E-state index contributed by atoms with van der Waals surface area (Å²) >= 11 is 27.9. The number of unbranched alkanes of at least 4 members (excludes halogenated alkanes) is 10. The van der Waals surface area contributed by atoms with Crippen LogP contribution in [-0.4, -0.2) is 30.0 Å². The van der Waals surface area contributed by atoms with Crippen LogP contribution in [0.25, 0.3) is 0 Å². The van der Waals surface area contributed by atoms with Gasteiger partial charge in [-0.1, -0.05) is 172 Å². The van der Waals surface area contributed by atoms with Crippen molar-refractivity contribution in [1.29, 1.82) is 0 Å². The monoisotopic (exact) mass is 918 g/mol. The molecule has 0 aromatic heterocycles. The Labute approximate surface area is 384 Å². The molecule has 3 aromatic rings. The minimum absolute atomic E-state index is 0.0591. The highest BCUT2D eigenvalue weighted by Crippen LogP contribution is 2.47. The number of thioether (sulfide) groups is 1. The first-order chi connectivity index (χ1) is 28.6. The van der Waals surface area contributed by atoms with E-state index in [1.807, 2.05) is 0 Å². The van der Waals surface area contributed by atoms with Gasteiger partial charge in [-0.15, -0.1) is 11.8 Å². The van der Waals surface area contributed by atoms with Gasteiger partial charge in [0.05, 0.1) is 27.9 Å². The van der Waals surface area contributed by atoms with Crippen LogP contribution < -0.4 is 20.5 Å². The van der Waals surface area contributed by atoms with E-state index in [-0.39, 0.29) is 38.4 Å². The minimum Gasteiger partial charge on any atom is -0.496 e. The van der Waals surface area contributed by atoms with Gasteiger partial charge in [0.15, 0.2) is 0 Å². The number of hydrogen-bond acceptors (Lipinski definition) is 5. The molecule has 0 bridgehead atoms. The van der Waals surface area contributed by atoms with Crippen LogP contribution in [0.1, 0.15) is 162 Å². The number of anilines is 2. The van der Waals surface area contributed by atoms with Gasteiger partial charge in [0.1, 0.15) is 22.5 Å². The Morgan fingerprint density at radius 3 is 1.90 bits per heavy atom. The summed E-state index contributed by atoms with van der Waals surface area (Å²) in [4.78, 5) is 33.7. The van der Waals surface area contributed by atoms with Gasteiger partial charge >= 0.3 is 0 Å². The predicted octanol–water partition coefficient (Wildman–Crippen LogP) is 15.8. The number of nitrogens with zero attached hydrogens (tertiary/aromatic N) is 2. The molecule has 2 amide bonds. The number of hydrazine groups is 1. The zero-order valence-electron chi connectivity index (χ0n) is 37.0. The predicted molar refractivity (Wildman–Crippen MR) is 259 cm³/mol. The van der Waals surface area contributed by atoms with Crippen LogP contribution in [0.2, 0.25) is 20.1 Å². The molecule has 12 heteroatoms. The summed E-state index contributed by atoms with van der Waals surface area (Å²) in [5, 5.41) is 4.64. The lowest BCUT2D eigenvalue weighted by Gasteiger charge is -2.33. The zero-order chi connectivity index (χ0) is 44.0. The number of amidine groups is 1. The second-order valence-electron chi connectivity index (χ2n) is 17.3. The summed E-state index contributed by atoms with van der Waals surface area (Å²) < 4.78 is 6.05. The molecule has 0 aliphatic carbocycles. The molecule has 4 rings (SSSR count). The first kappa shape index (κ1) is 50.0. The lowest BCUT2D eigenvalue weighted by molar-refractivity contribution is -0.117. The van der Waals surface area contributed by atoms with E-state index in [0.717, 1.165) is 66.7 Å². The number of benzene rings is 3. The molecule has 330 valence electrons. The average molecular weight is 921 g/mol. The largest absolute Gasteiger partial charge is 0.496 e. The van der Waals surface area contributed by atoms with Gasteiger partial charge < -0.3 is 10.1 Å². The number of carbonyl (C=O) groups excluding carboxylic acids is 2. The molecule has 1 fully saturated rings. The van der Waals surface area contributed by atoms with Crippen LogP contribution >= 0.6 is 58.2 Å². The van der Waals surface area contributed by atoms with Gasteiger partial charge in [-0.05, 0) is 78.1 Å². The van der Waals surface area contributed by atoms with Crippen molar-refractivity contribution in [3.8, 4) is 5.75 Å². The Balaban J connectivity index is 1.66. The first-order valence-electron chi connectivity index (χ1n) is 21.9. The third kappa shape index (κ3) is 13.7. The number of halogens is 4. The second-order valence-corrected chi connectivity index (χ2v) is 20.1. The Bertz CT molecular complexity index is 1930. The summed E-state index contributed by atoms with van der Waals surface area (Å²) in [6.45, 7) is 15.5. The van der Waals surface area contributed by atoms with Gasteiger partial charge in [0.25, 0.3) is 5.91 Å². The molecule has 1 atom stereocenters. The standard InChI is InChI=1S/C48H66Cl4N4O3S/c1-9-12-13-14-15-16-17-18-19-20-21-22-42(57)53-33-23-24-36(50)39(29-33)54-45-44(46(58)56(55-45)43-37(51)27-32(49)28-38(43)52)60-41-31-34(47(4,5)25-10-2)40(59-8)30-35(41)48(6,7)26-11-3/h23-24,27-31,44H,9-22,25-26H2,1-8H3,(H,53,57)(H,54,55). The quantitative estimate of drug-likeness (QED) is 0.0875. The Morgan fingerprint density at radius 2 is 1.33 bits per heavy atom. The van der Waals surface area contributed by atoms with Crippen molar-refractivity contribution in [3.05, 3.63) is 73.7 Å². The smallest absolute Gasteiger partial charge is 0.267 e. The molecule has 0 spiro atoms. The number of hydrogen-bond donors (Lipinski definition) is 2. The van der Waals surface area contributed by atoms with Gasteiger partial charge in [-0.3, -0.25) is 15.0 Å². The van der Waals surface area contributed by atoms with E-state index >= 15 is 0 Å². The van der Waals surface area contributed by atoms with Crippen molar-refractivity contribution in [3.63, 3.8) is 0 Å². The molecule has 1 unspecified atom stereocenters. The topological polar surface area (TPSA) is 83.0 Å². The second kappa shape index (κ2) is 23.7. The lowest BCUT2D eigenvalue weighted by atomic mass is 9.76. The fraction of sp³-hybridized carbons (Fsp3) is 0.562. The van der Waals surface area contributed by atoms with E-state index in [2.05, 4.69) is 71.3 Å². The summed E-state index contributed by atoms with van der Waals surface area (Å²) in [7, 11) is 1.72. The number of nitrogens with one attached hydrogen (secondary N) is 2. The molecule has 1 aliphatic rings. The van der Waals surface area contributed by atoms with E-state index < -0.39 is 5.25 Å². The first-order valence-corrected chi connectivity index (χ1v) is 24.3. The van der Waals surface area contributed by atoms with E-state index in [9.17, 15) is 9.59 Å². The van der Waals surface area contributed by atoms with Crippen LogP contribution in [0, 0.1) is 0 Å². The van der Waals surface area contributed by atoms with Crippen molar-refractivity contribution in [2.75, 3.05) is 17.4 Å². The average Bonchev–Trinajstić information content (AvgIpc) is 3.47. The Hall–Kier alpha value is -2.62. The SMILES string of the molecule is CCCCCCCCCCCCCC(=O)Nc1ccc(Cl)c(N=C2NN(c3c(Cl)cc(Cl)cc3Cl)C(=O)C2Sc2cc(C(C)(C)CCC)c(OC)cc2C(C)(C)CCC)c1. The Morgan fingerprint density at radius 1 is 0.767 bits per heavy atom. The highest BCUT2D eigenvalue weighted by Gasteiger charge is 2.42. The van der Waals surface area contributed by atoms with Crippen molar-refractivity contribution >= 4 is 92.9 Å². The molecule has 3 aromatic carbocycles. The minimum atomic E-state index is -0.852. The van der Waals surface area contributed by atoms with Crippen molar-refractivity contribution in [1.82, 2.24) is 5.43 Å². The summed E-state index contributed by atoms with van der Waals surface area (Å²) in [6, 6.07) is 12.7. The van der Waals surface area contributed by atoms with Gasteiger partial charge in [0, 0.05) is 27.6 Å². The van der Waals surface area contributed by atoms with Crippen molar-refractivity contribution in [2.45, 2.75) is 172 Å². The van der Waals surface area contributed by atoms with Gasteiger partial charge in [-0.25, -0.2) is 10.0 Å². The number of aliphatic imine (C=N–C) groups is 1. The highest BCUT2D eigenvalue weighted by atomic mass is 35.5. The van der Waals surface area contributed by atoms with Gasteiger partial charge in [0.2, 0.25) is 5.91 Å². The van der Waals surface area contributed by atoms with Crippen molar-refractivity contribution in [2.24, 2.45) is 4.99 Å². The molecule has 0 radical (unpaired) electrons. The molecular formula is C48H66Cl4N4O3S. The molecular weight excluding hydrogens is 854 g/mol. The summed E-state index contributed by atoms with van der Waals surface area (Å²) in [5.41, 5.74) is 6.18. The van der Waals surface area contributed by atoms with E-state index in [0.29, 0.717) is 33.7 Å². The lowest BCUT2D eigenvalue weighted by Crippen LogP contribution is -2.36. The van der Waals surface area contributed by atoms with Crippen LogP contribution in [0.5, 0.6) is 5.75 Å². The zero-order valence-corrected chi connectivity index (χ0v) is 40.8. The number of ether oxygens (including phenoxy) is 1. The molecule has 1 heterocycles. The summed E-state index contributed by atoms with van der Waals surface area (Å²) in [6.07, 6.45) is 17.7. The number of rotatable bonds is 24. The molecule has 1 saturated heterocycles. The number of methoxy groups -OCH3 is 1. The number of carbonyl (C=O) groups is 2. The maximum atomic E-state index is 14.7. The maximum absolute atomic E-state index is 14.7. The van der Waals surface area contributed by atoms with Crippen LogP contribution in [0.3, 0.4) is 0 Å². The van der Waals surface area contributed by atoms with Crippen LogP contribution in [0.15, 0.2) is 52.4 Å². The fourth-order valence-electron chi connectivity index (χ4n) is 8.08. The molecule has 2 N–H and O–H groups in total. The van der Waals surface area contributed by atoms with Crippen LogP contribution in [-0.2, 0) is 20.4 Å².